The molecular formula is C24H25ClN6O3. The van der Waals surface area contributed by atoms with E-state index in [1.54, 1.807) is 12.1 Å². The number of halogens is 1. The highest BCUT2D eigenvalue weighted by molar-refractivity contribution is 6.29. The first kappa shape index (κ1) is 21.2. The fourth-order valence-corrected chi connectivity index (χ4v) is 4.62. The summed E-state index contributed by atoms with van der Waals surface area (Å²) in [6.45, 7) is 7.23. The minimum Gasteiger partial charge on any atom is -0.422 e. The summed E-state index contributed by atoms with van der Waals surface area (Å²) in [5.74, 6) is 0.0345. The third-order valence-corrected chi connectivity index (χ3v) is 6.70. The van der Waals surface area contributed by atoms with E-state index in [2.05, 4.69) is 32.9 Å². The Labute approximate surface area is 201 Å². The zero-order valence-electron chi connectivity index (χ0n) is 18.8. The van der Waals surface area contributed by atoms with Crippen LogP contribution < -0.4 is 4.90 Å². The fraction of sp³-hybridized carbons (Fsp3) is 0.375. The van der Waals surface area contributed by atoms with E-state index in [0.29, 0.717) is 54.1 Å². The van der Waals surface area contributed by atoms with E-state index in [0.717, 1.165) is 31.0 Å². The normalized spacial score (nSPS) is 17.8. The van der Waals surface area contributed by atoms with Crippen molar-refractivity contribution in [3.05, 3.63) is 53.3 Å². The second kappa shape index (κ2) is 8.18. The topological polar surface area (TPSA) is 92.4 Å². The number of carbonyl (C=O) groups excluding carboxylic acids is 1. The minimum absolute atomic E-state index is 0.0345. The van der Waals surface area contributed by atoms with Crippen LogP contribution in [0.2, 0.25) is 5.15 Å². The first-order chi connectivity index (χ1) is 16.5. The predicted octanol–water partition coefficient (Wildman–Crippen LogP) is 3.67. The number of piperazine rings is 1. The molecule has 0 aliphatic carbocycles. The zero-order chi connectivity index (χ0) is 23.3. The standard InChI is InChI=1S/C24H25ClN6O3/c1-24(14-33-15-24)13-31-12-18(28-31)16-2-4-17(5-3-16)22(32)29-8-10-30(11-9-29)23-27-21-19(34-23)6-7-20(25)26-21/h2-7,12,28H,8-11,13-15H2,1H3. The number of nitrogens with one attached hydrogen (secondary N) is 1. The number of fused-ring (bicyclic) bond motifs is 1. The molecule has 3 aromatic heterocycles. The summed E-state index contributed by atoms with van der Waals surface area (Å²) >= 11 is 5.94. The van der Waals surface area contributed by atoms with Crippen molar-refractivity contribution in [3.63, 3.8) is 0 Å². The average Bonchev–Trinajstić information content (AvgIpc) is 3.23. The van der Waals surface area contributed by atoms with Crippen LogP contribution in [0.1, 0.15) is 17.3 Å². The van der Waals surface area contributed by atoms with Gasteiger partial charge in [-0.3, -0.25) is 14.6 Å². The van der Waals surface area contributed by atoms with Crippen molar-refractivity contribution in [2.24, 2.45) is 5.41 Å². The maximum atomic E-state index is 13.0. The van der Waals surface area contributed by atoms with Gasteiger partial charge in [-0.1, -0.05) is 30.7 Å². The van der Waals surface area contributed by atoms with Crippen LogP contribution in [0, 0.1) is 5.41 Å². The van der Waals surface area contributed by atoms with Gasteiger partial charge >= 0.3 is 0 Å². The quantitative estimate of drug-likeness (QED) is 0.438. The monoisotopic (exact) mass is 480 g/mol. The van der Waals surface area contributed by atoms with Gasteiger partial charge in [-0.15, -0.1) is 0 Å². The van der Waals surface area contributed by atoms with Gasteiger partial charge in [-0.25, -0.2) is 4.98 Å². The second-order valence-electron chi connectivity index (χ2n) is 9.39. The van der Waals surface area contributed by atoms with Gasteiger partial charge < -0.3 is 19.0 Å². The van der Waals surface area contributed by atoms with Gasteiger partial charge in [0.05, 0.1) is 18.9 Å². The lowest BCUT2D eigenvalue weighted by Gasteiger charge is -2.39. The van der Waals surface area contributed by atoms with E-state index in [4.69, 9.17) is 20.8 Å². The van der Waals surface area contributed by atoms with Gasteiger partial charge in [0.2, 0.25) is 5.65 Å². The van der Waals surface area contributed by atoms with Crippen molar-refractivity contribution in [2.45, 2.75) is 13.5 Å². The fourth-order valence-electron chi connectivity index (χ4n) is 4.48. The molecule has 6 rings (SSSR count). The molecule has 10 heteroatoms. The Morgan fingerprint density at radius 1 is 1.09 bits per heavy atom. The number of carbonyl (C=O) groups is 1. The summed E-state index contributed by atoms with van der Waals surface area (Å²) in [6.07, 6.45) is 2.11. The second-order valence-corrected chi connectivity index (χ2v) is 9.78. The van der Waals surface area contributed by atoms with Crippen LogP contribution in [0.4, 0.5) is 6.01 Å². The Hall–Kier alpha value is -3.30. The van der Waals surface area contributed by atoms with Gasteiger partial charge in [-0.05, 0) is 24.3 Å². The molecule has 1 aromatic carbocycles. The molecule has 34 heavy (non-hydrogen) atoms. The SMILES string of the molecule is CC1(Cn2cc(-c3ccc(C(=O)N4CCN(c5nc6nc(Cl)ccc6o5)CC4)cc3)[nH]2)COC1. The summed E-state index contributed by atoms with van der Waals surface area (Å²) in [5, 5.41) is 3.76. The summed E-state index contributed by atoms with van der Waals surface area (Å²) in [4.78, 5) is 25.5. The smallest absolute Gasteiger partial charge is 0.300 e. The lowest BCUT2D eigenvalue weighted by atomic mass is 9.89. The minimum atomic E-state index is 0.0345. The van der Waals surface area contributed by atoms with Crippen molar-refractivity contribution >= 4 is 34.8 Å². The van der Waals surface area contributed by atoms with Crippen LogP contribution in [-0.4, -0.2) is 69.9 Å². The lowest BCUT2D eigenvalue weighted by molar-refractivity contribution is -0.112. The molecule has 2 saturated heterocycles. The van der Waals surface area contributed by atoms with Crippen LogP contribution >= 0.6 is 11.6 Å². The number of amides is 1. The van der Waals surface area contributed by atoms with Crippen molar-refractivity contribution in [2.75, 3.05) is 44.3 Å². The highest BCUT2D eigenvalue weighted by Gasteiger charge is 2.34. The van der Waals surface area contributed by atoms with Crippen molar-refractivity contribution in [3.8, 4) is 11.3 Å². The van der Waals surface area contributed by atoms with Gasteiger partial charge in [0, 0.05) is 55.5 Å². The molecule has 5 heterocycles. The van der Waals surface area contributed by atoms with Crippen LogP contribution in [0.5, 0.6) is 0 Å². The Morgan fingerprint density at radius 2 is 1.82 bits per heavy atom. The molecule has 2 aliphatic rings. The lowest BCUT2D eigenvalue weighted by Crippen LogP contribution is -2.48. The number of hydrogen-bond acceptors (Lipinski definition) is 6. The average molecular weight is 481 g/mol. The Bertz CT molecular complexity index is 1320. The highest BCUT2D eigenvalue weighted by atomic mass is 35.5. The number of hydrogen-bond donors (Lipinski definition) is 1. The van der Waals surface area contributed by atoms with Crippen molar-refractivity contribution in [1.29, 1.82) is 0 Å². The number of ether oxygens (including phenoxy) is 1. The number of nitrogens with zero attached hydrogens (tertiary/aromatic N) is 5. The van der Waals surface area contributed by atoms with Crippen LogP contribution in [-0.2, 0) is 11.3 Å². The number of benzene rings is 1. The highest BCUT2D eigenvalue weighted by Crippen LogP contribution is 2.30. The Balaban J connectivity index is 1.06. The van der Waals surface area contributed by atoms with Gasteiger partial charge in [0.1, 0.15) is 5.15 Å². The number of H-pyrrole nitrogens is 1. The maximum absolute atomic E-state index is 13.0. The van der Waals surface area contributed by atoms with E-state index in [-0.39, 0.29) is 11.3 Å². The van der Waals surface area contributed by atoms with Crippen molar-refractivity contribution < 1.29 is 13.9 Å². The van der Waals surface area contributed by atoms with E-state index < -0.39 is 0 Å². The molecule has 0 atom stereocenters. The van der Waals surface area contributed by atoms with Crippen LogP contribution in [0.25, 0.3) is 22.5 Å². The number of aromatic nitrogens is 4. The van der Waals surface area contributed by atoms with E-state index in [1.165, 1.54) is 0 Å². The molecule has 176 valence electrons. The molecular weight excluding hydrogens is 456 g/mol. The number of rotatable bonds is 5. The molecule has 9 nitrogen and oxygen atoms in total. The first-order valence-corrected chi connectivity index (χ1v) is 11.7. The summed E-state index contributed by atoms with van der Waals surface area (Å²) in [5.41, 5.74) is 4.13. The molecule has 4 aromatic rings. The first-order valence-electron chi connectivity index (χ1n) is 11.4. The summed E-state index contributed by atoms with van der Waals surface area (Å²) < 4.78 is 13.2. The third kappa shape index (κ3) is 3.95. The molecule has 0 unspecified atom stereocenters. The van der Waals surface area contributed by atoms with Crippen LogP contribution in [0.3, 0.4) is 0 Å². The molecule has 2 fully saturated rings. The number of aromatic amines is 1. The van der Waals surface area contributed by atoms with E-state index >= 15 is 0 Å². The molecule has 1 amide bonds. The molecule has 0 spiro atoms. The van der Waals surface area contributed by atoms with Gasteiger partial charge in [0.15, 0.2) is 5.58 Å². The maximum Gasteiger partial charge on any atom is 0.300 e. The molecule has 0 bridgehead atoms. The van der Waals surface area contributed by atoms with E-state index in [9.17, 15) is 4.79 Å². The number of anilines is 1. The predicted molar refractivity (Wildman–Crippen MR) is 128 cm³/mol. The van der Waals surface area contributed by atoms with Crippen molar-refractivity contribution in [1.82, 2.24) is 24.6 Å². The van der Waals surface area contributed by atoms with Crippen LogP contribution in [0.15, 0.2) is 47.0 Å². The molecule has 0 radical (unpaired) electrons. The Morgan fingerprint density at radius 3 is 2.50 bits per heavy atom. The summed E-state index contributed by atoms with van der Waals surface area (Å²) in [6, 6.07) is 11.7. The molecule has 0 saturated carbocycles. The van der Waals surface area contributed by atoms with E-state index in [1.807, 2.05) is 34.1 Å². The Kier molecular flexibility index (Phi) is 5.11. The van der Waals surface area contributed by atoms with Gasteiger partial charge in [0.25, 0.3) is 11.9 Å². The van der Waals surface area contributed by atoms with Gasteiger partial charge in [-0.2, -0.15) is 4.98 Å². The summed E-state index contributed by atoms with van der Waals surface area (Å²) in [7, 11) is 0. The molecule has 2 aliphatic heterocycles. The number of oxazole rings is 1. The zero-order valence-corrected chi connectivity index (χ0v) is 19.6. The largest absolute Gasteiger partial charge is 0.422 e. The number of pyridine rings is 1. The molecule has 1 N–H and O–H groups in total. The third-order valence-electron chi connectivity index (χ3n) is 6.49.